The fraction of sp³-hybridized carbons (Fsp3) is 0.615. The third-order valence-corrected chi connectivity index (χ3v) is 3.14. The molecule has 0 unspecified atom stereocenters. The van der Waals surface area contributed by atoms with E-state index < -0.39 is 11.7 Å². The van der Waals surface area contributed by atoms with Crippen LogP contribution in [0.25, 0.3) is 0 Å². The van der Waals surface area contributed by atoms with E-state index in [0.717, 1.165) is 44.5 Å². The summed E-state index contributed by atoms with van der Waals surface area (Å²) in [4.78, 5) is 4.17. The standard InChI is InChI=1S/C13H19F3N4/c1-2-17-11-8-10(13(14,15)16)9-12(18-11)19-20-6-4-3-5-7-20/h8-9H,2-7H2,1H3,(H2,17,18,19). The van der Waals surface area contributed by atoms with E-state index in [0.29, 0.717) is 6.54 Å². The zero-order valence-electron chi connectivity index (χ0n) is 11.4. The van der Waals surface area contributed by atoms with Crippen LogP contribution in [0.15, 0.2) is 12.1 Å². The minimum Gasteiger partial charge on any atom is -0.370 e. The van der Waals surface area contributed by atoms with E-state index in [1.165, 1.54) is 0 Å². The second kappa shape index (κ2) is 6.30. The SMILES string of the molecule is CCNc1cc(C(F)(F)F)cc(NN2CCCCC2)n1. The summed E-state index contributed by atoms with van der Waals surface area (Å²) < 4.78 is 38.6. The zero-order chi connectivity index (χ0) is 14.6. The van der Waals surface area contributed by atoms with Crippen LogP contribution in [0.1, 0.15) is 31.7 Å². The van der Waals surface area contributed by atoms with Gasteiger partial charge in [0, 0.05) is 19.6 Å². The highest BCUT2D eigenvalue weighted by atomic mass is 19.4. The molecule has 1 aromatic heterocycles. The number of halogens is 3. The van der Waals surface area contributed by atoms with Crippen LogP contribution in [0.3, 0.4) is 0 Å². The number of hydrazine groups is 1. The number of anilines is 2. The van der Waals surface area contributed by atoms with Gasteiger partial charge in [0.1, 0.15) is 11.6 Å². The highest BCUT2D eigenvalue weighted by molar-refractivity contribution is 5.49. The van der Waals surface area contributed by atoms with Crippen molar-refractivity contribution in [3.8, 4) is 0 Å². The molecule has 7 heteroatoms. The van der Waals surface area contributed by atoms with Crippen LogP contribution >= 0.6 is 0 Å². The number of pyridine rings is 1. The van der Waals surface area contributed by atoms with Crippen LogP contribution < -0.4 is 10.7 Å². The molecule has 1 saturated heterocycles. The molecular formula is C13H19F3N4. The molecule has 1 aliphatic heterocycles. The van der Waals surface area contributed by atoms with Crippen LogP contribution in [-0.4, -0.2) is 29.6 Å². The average molecular weight is 288 g/mol. The summed E-state index contributed by atoms with van der Waals surface area (Å²) in [7, 11) is 0. The zero-order valence-corrected chi connectivity index (χ0v) is 11.4. The minimum absolute atomic E-state index is 0.234. The summed E-state index contributed by atoms with van der Waals surface area (Å²) in [5.74, 6) is 0.472. The predicted molar refractivity (Wildman–Crippen MR) is 72.4 cm³/mol. The number of nitrogens with zero attached hydrogens (tertiary/aromatic N) is 2. The molecule has 20 heavy (non-hydrogen) atoms. The number of nitrogens with one attached hydrogen (secondary N) is 2. The van der Waals surface area contributed by atoms with Crippen molar-refractivity contribution >= 4 is 11.6 Å². The lowest BCUT2D eigenvalue weighted by molar-refractivity contribution is -0.137. The van der Waals surface area contributed by atoms with Gasteiger partial charge >= 0.3 is 6.18 Å². The van der Waals surface area contributed by atoms with Crippen molar-refractivity contribution in [2.24, 2.45) is 0 Å². The highest BCUT2D eigenvalue weighted by Gasteiger charge is 2.31. The molecule has 1 aromatic rings. The summed E-state index contributed by atoms with van der Waals surface area (Å²) in [6, 6.07) is 2.08. The summed E-state index contributed by atoms with van der Waals surface area (Å²) in [6.07, 6.45) is -1.11. The molecular weight excluding hydrogens is 269 g/mol. The van der Waals surface area contributed by atoms with E-state index in [9.17, 15) is 13.2 Å². The molecule has 112 valence electrons. The maximum Gasteiger partial charge on any atom is 0.416 e. The number of hydrogen-bond acceptors (Lipinski definition) is 4. The number of rotatable bonds is 4. The Hall–Kier alpha value is -1.50. The second-order valence-corrected chi connectivity index (χ2v) is 4.81. The van der Waals surface area contributed by atoms with Gasteiger partial charge in [-0.05, 0) is 31.9 Å². The fourth-order valence-corrected chi connectivity index (χ4v) is 2.19. The van der Waals surface area contributed by atoms with Crippen LogP contribution in [0.5, 0.6) is 0 Å². The minimum atomic E-state index is -4.37. The van der Waals surface area contributed by atoms with Crippen LogP contribution in [0.2, 0.25) is 0 Å². The topological polar surface area (TPSA) is 40.2 Å². The maximum absolute atomic E-state index is 12.9. The average Bonchev–Trinajstić information content (AvgIpc) is 2.39. The molecule has 0 amide bonds. The van der Waals surface area contributed by atoms with Gasteiger partial charge in [-0.1, -0.05) is 6.42 Å². The Bertz CT molecular complexity index is 442. The van der Waals surface area contributed by atoms with Gasteiger partial charge in [-0.3, -0.25) is 0 Å². The monoisotopic (exact) mass is 288 g/mol. The Balaban J connectivity index is 2.19. The molecule has 0 spiro atoms. The van der Waals surface area contributed by atoms with Crippen molar-refractivity contribution in [3.63, 3.8) is 0 Å². The molecule has 0 radical (unpaired) electrons. The Morgan fingerprint density at radius 1 is 1.15 bits per heavy atom. The van der Waals surface area contributed by atoms with Crippen LogP contribution in [0.4, 0.5) is 24.8 Å². The summed E-state index contributed by atoms with van der Waals surface area (Å²) >= 11 is 0. The molecule has 1 aliphatic rings. The van der Waals surface area contributed by atoms with Gasteiger partial charge in [-0.25, -0.2) is 9.99 Å². The van der Waals surface area contributed by atoms with E-state index in [1.807, 2.05) is 11.9 Å². The van der Waals surface area contributed by atoms with Crippen molar-refractivity contribution in [1.82, 2.24) is 9.99 Å². The summed E-state index contributed by atoms with van der Waals surface area (Å²) in [5.41, 5.74) is 2.28. The molecule has 4 nitrogen and oxygen atoms in total. The van der Waals surface area contributed by atoms with Crippen molar-refractivity contribution in [2.75, 3.05) is 30.4 Å². The van der Waals surface area contributed by atoms with Crippen LogP contribution in [0, 0.1) is 0 Å². The van der Waals surface area contributed by atoms with Gasteiger partial charge in [0.05, 0.1) is 5.56 Å². The van der Waals surface area contributed by atoms with Crippen molar-refractivity contribution < 1.29 is 13.2 Å². The van der Waals surface area contributed by atoms with Gasteiger partial charge in [0.25, 0.3) is 0 Å². The molecule has 0 saturated carbocycles. The molecule has 1 fully saturated rings. The third-order valence-electron chi connectivity index (χ3n) is 3.14. The van der Waals surface area contributed by atoms with Crippen molar-refractivity contribution in [3.05, 3.63) is 17.7 Å². The Kier molecular flexibility index (Phi) is 4.69. The number of alkyl halides is 3. The van der Waals surface area contributed by atoms with Gasteiger partial charge in [-0.15, -0.1) is 0 Å². The summed E-state index contributed by atoms with van der Waals surface area (Å²) in [5, 5.41) is 4.75. The quantitative estimate of drug-likeness (QED) is 0.891. The summed E-state index contributed by atoms with van der Waals surface area (Å²) in [6.45, 7) is 4.00. The smallest absolute Gasteiger partial charge is 0.370 e. The molecule has 0 aromatic carbocycles. The highest BCUT2D eigenvalue weighted by Crippen LogP contribution is 2.32. The number of aromatic nitrogens is 1. The molecule has 0 atom stereocenters. The largest absolute Gasteiger partial charge is 0.416 e. The van der Waals surface area contributed by atoms with E-state index in [4.69, 9.17) is 0 Å². The van der Waals surface area contributed by atoms with Gasteiger partial charge in [0.2, 0.25) is 0 Å². The fourth-order valence-electron chi connectivity index (χ4n) is 2.19. The number of piperidine rings is 1. The Morgan fingerprint density at radius 3 is 2.40 bits per heavy atom. The lowest BCUT2D eigenvalue weighted by atomic mass is 10.2. The Labute approximate surface area is 116 Å². The normalized spacial score (nSPS) is 17.0. The first kappa shape index (κ1) is 14.9. The third kappa shape index (κ3) is 4.00. The first-order valence-corrected chi connectivity index (χ1v) is 6.84. The van der Waals surface area contributed by atoms with Crippen LogP contribution in [-0.2, 0) is 6.18 Å². The Morgan fingerprint density at radius 2 is 1.80 bits per heavy atom. The molecule has 2 heterocycles. The molecule has 0 aliphatic carbocycles. The molecule has 2 N–H and O–H groups in total. The van der Waals surface area contributed by atoms with E-state index >= 15 is 0 Å². The second-order valence-electron chi connectivity index (χ2n) is 4.81. The predicted octanol–water partition coefficient (Wildman–Crippen LogP) is 3.35. The lowest BCUT2D eigenvalue weighted by Crippen LogP contribution is -2.35. The van der Waals surface area contributed by atoms with Gasteiger partial charge in [0.15, 0.2) is 0 Å². The van der Waals surface area contributed by atoms with Gasteiger partial charge < -0.3 is 10.7 Å². The van der Waals surface area contributed by atoms with Crippen molar-refractivity contribution in [2.45, 2.75) is 32.4 Å². The first-order chi connectivity index (χ1) is 9.49. The molecule has 2 rings (SSSR count). The number of hydrogen-bond donors (Lipinski definition) is 2. The van der Waals surface area contributed by atoms with E-state index in [-0.39, 0.29) is 11.6 Å². The first-order valence-electron chi connectivity index (χ1n) is 6.84. The van der Waals surface area contributed by atoms with E-state index in [2.05, 4.69) is 15.7 Å². The van der Waals surface area contributed by atoms with E-state index in [1.54, 1.807) is 0 Å². The molecule has 0 bridgehead atoms. The van der Waals surface area contributed by atoms with Gasteiger partial charge in [-0.2, -0.15) is 13.2 Å². The lowest BCUT2D eigenvalue weighted by Gasteiger charge is -2.27. The maximum atomic E-state index is 12.9. The van der Waals surface area contributed by atoms with Crippen molar-refractivity contribution in [1.29, 1.82) is 0 Å².